The first-order valence-electron chi connectivity index (χ1n) is 11.9. The maximum atomic E-state index is 13.9. The Morgan fingerprint density at radius 3 is 2.58 bits per heavy atom. The first-order chi connectivity index (χ1) is 18.3. The average Bonchev–Trinajstić information content (AvgIpc) is 3.62. The zero-order valence-corrected chi connectivity index (χ0v) is 22.7. The third-order valence-corrected chi connectivity index (χ3v) is 11.5. The molecule has 2 aromatic heterocycles. The van der Waals surface area contributed by atoms with E-state index in [-0.39, 0.29) is 29.5 Å². The number of benzene rings is 2. The van der Waals surface area contributed by atoms with Crippen LogP contribution in [0.1, 0.15) is 22.5 Å². The standard InChI is InChI=1S/C26H25N5O4S3/c27-17-21-8-9-24-22(15-21)18-30(38(34,35)26-7-4-13-36-26)23(16-20-5-2-1-3-6-20)19-31(24)37(32,33)14-10-25-28-11-12-29-25/h1-9,11-13,15,23H,10,14,16,18-19H2,(H,28,29)/t23-/m1/s1. The fourth-order valence-electron chi connectivity index (χ4n) is 4.60. The van der Waals surface area contributed by atoms with Gasteiger partial charge in [0.15, 0.2) is 0 Å². The quantitative estimate of drug-likeness (QED) is 0.347. The zero-order valence-electron chi connectivity index (χ0n) is 20.3. The lowest BCUT2D eigenvalue weighted by atomic mass is 10.1. The summed E-state index contributed by atoms with van der Waals surface area (Å²) in [6, 6.07) is 18.8. The number of imidazole rings is 1. The minimum atomic E-state index is -3.96. The fourth-order valence-corrected chi connectivity index (χ4v) is 8.86. The molecule has 0 saturated carbocycles. The van der Waals surface area contributed by atoms with Crippen molar-refractivity contribution in [1.29, 1.82) is 5.26 Å². The maximum Gasteiger partial charge on any atom is 0.253 e. The predicted octanol–water partition coefficient (Wildman–Crippen LogP) is 3.54. The van der Waals surface area contributed by atoms with Crippen molar-refractivity contribution < 1.29 is 16.8 Å². The van der Waals surface area contributed by atoms with Gasteiger partial charge in [0, 0.05) is 31.4 Å². The van der Waals surface area contributed by atoms with E-state index < -0.39 is 26.1 Å². The van der Waals surface area contributed by atoms with E-state index in [1.807, 2.05) is 30.3 Å². The van der Waals surface area contributed by atoms with E-state index in [1.165, 1.54) is 8.61 Å². The van der Waals surface area contributed by atoms with Crippen molar-refractivity contribution in [3.05, 3.63) is 101 Å². The molecule has 0 bridgehead atoms. The van der Waals surface area contributed by atoms with Crippen LogP contribution in [0.2, 0.25) is 0 Å². The molecule has 1 aliphatic heterocycles. The van der Waals surface area contributed by atoms with E-state index in [4.69, 9.17) is 0 Å². The van der Waals surface area contributed by atoms with Crippen molar-refractivity contribution in [3.63, 3.8) is 0 Å². The van der Waals surface area contributed by atoms with Crippen molar-refractivity contribution in [2.24, 2.45) is 0 Å². The molecule has 0 radical (unpaired) electrons. The Labute approximate surface area is 226 Å². The highest BCUT2D eigenvalue weighted by molar-refractivity contribution is 7.92. The summed E-state index contributed by atoms with van der Waals surface area (Å²) in [5.41, 5.74) is 2.05. The van der Waals surface area contributed by atoms with Gasteiger partial charge in [0.1, 0.15) is 10.0 Å². The van der Waals surface area contributed by atoms with Crippen LogP contribution in [0.15, 0.2) is 82.6 Å². The summed E-state index contributed by atoms with van der Waals surface area (Å²) in [5.74, 6) is 0.335. The van der Waals surface area contributed by atoms with Gasteiger partial charge in [-0.25, -0.2) is 21.8 Å². The molecule has 1 atom stereocenters. The number of thiophene rings is 1. The molecule has 12 heteroatoms. The average molecular weight is 568 g/mol. The number of sulfonamides is 2. The van der Waals surface area contributed by atoms with Gasteiger partial charge in [0.05, 0.1) is 29.6 Å². The topological polar surface area (TPSA) is 127 Å². The van der Waals surface area contributed by atoms with Crippen LogP contribution >= 0.6 is 11.3 Å². The van der Waals surface area contributed by atoms with Crippen LogP contribution in [-0.2, 0) is 39.4 Å². The number of H-pyrrole nitrogens is 1. The number of aryl methyl sites for hydroxylation is 1. The van der Waals surface area contributed by atoms with Gasteiger partial charge in [-0.2, -0.15) is 9.57 Å². The first-order valence-corrected chi connectivity index (χ1v) is 15.8. The molecule has 1 N–H and O–H groups in total. The minimum Gasteiger partial charge on any atom is -0.349 e. The molecule has 0 saturated heterocycles. The maximum absolute atomic E-state index is 13.9. The summed E-state index contributed by atoms with van der Waals surface area (Å²) in [5, 5.41) is 11.2. The van der Waals surface area contributed by atoms with Gasteiger partial charge in [0.2, 0.25) is 10.0 Å². The smallest absolute Gasteiger partial charge is 0.253 e. The minimum absolute atomic E-state index is 0.0627. The molecule has 0 aliphatic carbocycles. The van der Waals surface area contributed by atoms with Crippen LogP contribution < -0.4 is 4.31 Å². The lowest BCUT2D eigenvalue weighted by Gasteiger charge is -2.31. The van der Waals surface area contributed by atoms with Gasteiger partial charge in [0.25, 0.3) is 10.0 Å². The van der Waals surface area contributed by atoms with E-state index in [0.717, 1.165) is 16.9 Å². The second-order valence-electron chi connectivity index (χ2n) is 8.91. The molecule has 0 unspecified atom stereocenters. The Kier molecular flexibility index (Phi) is 7.36. The molecule has 4 aromatic rings. The van der Waals surface area contributed by atoms with Gasteiger partial charge in [-0.15, -0.1) is 11.3 Å². The van der Waals surface area contributed by atoms with E-state index in [2.05, 4.69) is 16.0 Å². The molecule has 0 fully saturated rings. The number of anilines is 1. The van der Waals surface area contributed by atoms with Gasteiger partial charge in [-0.05, 0) is 47.2 Å². The number of nitrogens with one attached hydrogen (secondary N) is 1. The fraction of sp³-hybridized carbons (Fsp3) is 0.231. The monoisotopic (exact) mass is 567 g/mol. The Morgan fingerprint density at radius 2 is 1.89 bits per heavy atom. The summed E-state index contributed by atoms with van der Waals surface area (Å²) in [4.78, 5) is 7.06. The van der Waals surface area contributed by atoms with E-state index >= 15 is 0 Å². The first kappa shape index (κ1) is 26.1. The van der Waals surface area contributed by atoms with Crippen LogP contribution in [0.5, 0.6) is 0 Å². The molecule has 0 spiro atoms. The molecule has 5 rings (SSSR count). The highest BCUT2D eigenvalue weighted by Crippen LogP contribution is 2.35. The zero-order chi connectivity index (χ0) is 26.8. The summed E-state index contributed by atoms with van der Waals surface area (Å²) < 4.78 is 58.2. The molecule has 3 heterocycles. The van der Waals surface area contributed by atoms with E-state index in [9.17, 15) is 22.1 Å². The number of rotatable bonds is 8. The molecule has 0 amide bonds. The van der Waals surface area contributed by atoms with E-state index in [1.54, 1.807) is 48.1 Å². The van der Waals surface area contributed by atoms with Gasteiger partial charge >= 0.3 is 0 Å². The van der Waals surface area contributed by atoms with Crippen LogP contribution in [0, 0.1) is 11.3 Å². The lowest BCUT2D eigenvalue weighted by molar-refractivity contribution is 0.323. The van der Waals surface area contributed by atoms with Crippen molar-refractivity contribution in [2.45, 2.75) is 29.6 Å². The number of hydrogen-bond acceptors (Lipinski definition) is 7. The van der Waals surface area contributed by atoms with E-state index in [0.29, 0.717) is 29.1 Å². The largest absolute Gasteiger partial charge is 0.349 e. The Bertz CT molecular complexity index is 1650. The number of aromatic nitrogens is 2. The normalized spacial score (nSPS) is 16.5. The van der Waals surface area contributed by atoms with Gasteiger partial charge in [-0.3, -0.25) is 4.31 Å². The third kappa shape index (κ3) is 5.37. The Morgan fingerprint density at radius 1 is 1.08 bits per heavy atom. The Hall–Kier alpha value is -3.50. The molecule has 2 aromatic carbocycles. The molecular weight excluding hydrogens is 543 g/mol. The number of nitriles is 1. The summed E-state index contributed by atoms with van der Waals surface area (Å²) in [6.07, 6.45) is 3.69. The number of fused-ring (bicyclic) bond motifs is 1. The second kappa shape index (κ2) is 10.7. The van der Waals surface area contributed by atoms with Crippen molar-refractivity contribution >= 4 is 37.1 Å². The lowest BCUT2D eigenvalue weighted by Crippen LogP contribution is -2.47. The van der Waals surface area contributed by atoms with Gasteiger partial charge < -0.3 is 4.98 Å². The van der Waals surface area contributed by atoms with Crippen LogP contribution in [0.25, 0.3) is 0 Å². The summed E-state index contributed by atoms with van der Waals surface area (Å²) in [7, 11) is -7.85. The van der Waals surface area contributed by atoms with Crippen LogP contribution in [0.3, 0.4) is 0 Å². The van der Waals surface area contributed by atoms with Gasteiger partial charge in [-0.1, -0.05) is 36.4 Å². The second-order valence-corrected chi connectivity index (χ2v) is 14.0. The SMILES string of the molecule is N#Cc1ccc2c(c1)CN(S(=O)(=O)c1cccs1)[C@H](Cc1ccccc1)CN2S(=O)(=O)CCc1ncc[nH]1. The van der Waals surface area contributed by atoms with Crippen LogP contribution in [-0.4, -0.2) is 49.4 Å². The predicted molar refractivity (Wildman–Crippen MR) is 146 cm³/mol. The molecule has 196 valence electrons. The van der Waals surface area contributed by atoms with Crippen molar-refractivity contribution in [3.8, 4) is 6.07 Å². The Balaban J connectivity index is 1.61. The third-order valence-electron chi connectivity index (χ3n) is 6.45. The number of nitrogens with zero attached hydrogens (tertiary/aromatic N) is 4. The van der Waals surface area contributed by atoms with Crippen molar-refractivity contribution in [1.82, 2.24) is 14.3 Å². The summed E-state index contributed by atoms with van der Waals surface area (Å²) in [6.45, 7) is -0.133. The summed E-state index contributed by atoms with van der Waals surface area (Å²) >= 11 is 1.12. The molecule has 38 heavy (non-hydrogen) atoms. The number of hydrogen-bond donors (Lipinski definition) is 1. The van der Waals surface area contributed by atoms with Crippen LogP contribution in [0.4, 0.5) is 5.69 Å². The molecule has 1 aliphatic rings. The molecule has 9 nitrogen and oxygen atoms in total. The molecular formula is C26H25N5O4S3. The number of aromatic amines is 1. The highest BCUT2D eigenvalue weighted by Gasteiger charge is 2.40. The van der Waals surface area contributed by atoms with Crippen molar-refractivity contribution in [2.75, 3.05) is 16.6 Å². The highest BCUT2D eigenvalue weighted by atomic mass is 32.2.